The van der Waals surface area contributed by atoms with Crippen molar-refractivity contribution in [2.75, 3.05) is 13.1 Å². The summed E-state index contributed by atoms with van der Waals surface area (Å²) in [4.78, 5) is 16.4. The van der Waals surface area contributed by atoms with Crippen molar-refractivity contribution in [2.45, 2.75) is 63.9 Å². The number of nitrogens with zero attached hydrogens (tertiary/aromatic N) is 3. The summed E-state index contributed by atoms with van der Waals surface area (Å²) in [6, 6.07) is 11.8. The first kappa shape index (κ1) is 19.7. The van der Waals surface area contributed by atoms with E-state index < -0.39 is 17.6 Å². The fourth-order valence-electron chi connectivity index (χ4n) is 4.44. The van der Waals surface area contributed by atoms with Gasteiger partial charge in [0.2, 0.25) is 0 Å². The minimum atomic E-state index is -0.796. The number of aliphatic hydroxyl groups is 1. The fourth-order valence-corrected chi connectivity index (χ4v) is 4.44. The largest absolute Gasteiger partial charge is 0.444 e. The van der Waals surface area contributed by atoms with Gasteiger partial charge in [0.1, 0.15) is 5.60 Å². The van der Waals surface area contributed by atoms with Gasteiger partial charge in [-0.25, -0.2) is 4.79 Å². The van der Waals surface area contributed by atoms with Crippen molar-refractivity contribution in [1.29, 1.82) is 5.26 Å². The van der Waals surface area contributed by atoms with Crippen LogP contribution in [0.4, 0.5) is 4.79 Å². The Balaban J connectivity index is 1.91. The number of hydrogen-bond acceptors (Lipinski definition) is 5. The third-order valence-electron chi connectivity index (χ3n) is 5.63. The van der Waals surface area contributed by atoms with E-state index in [0.29, 0.717) is 13.1 Å². The van der Waals surface area contributed by atoms with Gasteiger partial charge in [-0.3, -0.25) is 4.90 Å². The summed E-state index contributed by atoms with van der Waals surface area (Å²) in [7, 11) is 0. The number of piperazine rings is 1. The maximum atomic E-state index is 12.6. The second-order valence-electron chi connectivity index (χ2n) is 9.00. The Labute approximate surface area is 161 Å². The van der Waals surface area contributed by atoms with E-state index >= 15 is 0 Å². The molecule has 2 heterocycles. The summed E-state index contributed by atoms with van der Waals surface area (Å²) < 4.78 is 5.52. The van der Waals surface area contributed by atoms with Crippen LogP contribution < -0.4 is 0 Å². The zero-order valence-corrected chi connectivity index (χ0v) is 16.7. The molecule has 4 unspecified atom stereocenters. The normalized spacial score (nSPS) is 28.7. The van der Waals surface area contributed by atoms with Crippen LogP contribution in [0.2, 0.25) is 0 Å². The van der Waals surface area contributed by atoms with Crippen LogP contribution in [0.25, 0.3) is 0 Å². The molecule has 0 aromatic heterocycles. The van der Waals surface area contributed by atoms with E-state index in [2.05, 4.69) is 36.9 Å². The first-order valence-electron chi connectivity index (χ1n) is 9.46. The van der Waals surface area contributed by atoms with Crippen molar-refractivity contribution >= 4 is 6.09 Å². The summed E-state index contributed by atoms with van der Waals surface area (Å²) in [5, 5.41) is 20.5. The second kappa shape index (κ2) is 6.81. The maximum absolute atomic E-state index is 12.6. The summed E-state index contributed by atoms with van der Waals surface area (Å²) in [5.41, 5.74) is 0.170. The molecule has 2 saturated heterocycles. The average molecular weight is 371 g/mol. The van der Waals surface area contributed by atoms with Gasteiger partial charge in [-0.2, -0.15) is 5.26 Å². The van der Waals surface area contributed by atoms with Gasteiger partial charge in [0, 0.05) is 24.7 Å². The summed E-state index contributed by atoms with van der Waals surface area (Å²) >= 11 is 0. The highest BCUT2D eigenvalue weighted by atomic mass is 16.6. The van der Waals surface area contributed by atoms with Crippen LogP contribution in [0.1, 0.15) is 40.2 Å². The van der Waals surface area contributed by atoms with Gasteiger partial charge in [0.05, 0.1) is 24.1 Å². The number of nitriles is 1. The third kappa shape index (κ3) is 3.54. The maximum Gasteiger partial charge on any atom is 0.410 e. The Kier molecular flexibility index (Phi) is 4.96. The molecule has 146 valence electrons. The van der Waals surface area contributed by atoms with Crippen molar-refractivity contribution in [2.24, 2.45) is 5.92 Å². The van der Waals surface area contributed by atoms with Crippen molar-refractivity contribution < 1.29 is 14.6 Å². The molecule has 6 heteroatoms. The average Bonchev–Trinajstić information content (AvgIpc) is 2.77. The lowest BCUT2D eigenvalue weighted by molar-refractivity contribution is -0.0394. The standard InChI is InChI=1S/C21H29N3O3/c1-20(2,3)27-19(26)23-12-16-15(11-22)18(25)17(13-23)24(16)21(4,5)14-9-7-6-8-10-14/h6-10,15-18,25H,12-13H2,1-5H3. The van der Waals surface area contributed by atoms with Gasteiger partial charge in [-0.05, 0) is 40.2 Å². The quantitative estimate of drug-likeness (QED) is 0.865. The molecule has 0 radical (unpaired) electrons. The van der Waals surface area contributed by atoms with Crippen molar-refractivity contribution in [3.8, 4) is 6.07 Å². The van der Waals surface area contributed by atoms with E-state index in [-0.39, 0.29) is 23.7 Å². The first-order valence-corrected chi connectivity index (χ1v) is 9.46. The first-order chi connectivity index (χ1) is 12.6. The van der Waals surface area contributed by atoms with Crippen LogP contribution in [0.3, 0.4) is 0 Å². The van der Waals surface area contributed by atoms with Gasteiger partial charge in [0.15, 0.2) is 0 Å². The van der Waals surface area contributed by atoms with Crippen molar-refractivity contribution in [3.63, 3.8) is 0 Å². The predicted octanol–water partition coefficient (Wildman–Crippen LogP) is 2.73. The monoisotopic (exact) mass is 371 g/mol. The number of ether oxygens (including phenoxy) is 1. The molecule has 1 N–H and O–H groups in total. The van der Waals surface area contributed by atoms with Gasteiger partial charge >= 0.3 is 6.09 Å². The molecular weight excluding hydrogens is 342 g/mol. The molecule has 0 spiro atoms. The molecule has 6 nitrogen and oxygen atoms in total. The number of hydrogen-bond donors (Lipinski definition) is 1. The number of amides is 1. The van der Waals surface area contributed by atoms with Gasteiger partial charge in [0.25, 0.3) is 0 Å². The van der Waals surface area contributed by atoms with Gasteiger partial charge < -0.3 is 14.7 Å². The second-order valence-corrected chi connectivity index (χ2v) is 9.00. The molecule has 0 aliphatic carbocycles. The lowest BCUT2D eigenvalue weighted by atomic mass is 9.89. The fraction of sp³-hybridized carbons (Fsp3) is 0.619. The molecule has 2 aliphatic rings. The number of likely N-dealkylation sites (tertiary alicyclic amines) is 1. The smallest absolute Gasteiger partial charge is 0.410 e. The number of carbonyl (C=O) groups is 1. The number of rotatable bonds is 2. The molecule has 2 bridgehead atoms. The van der Waals surface area contributed by atoms with E-state index in [0.717, 1.165) is 5.56 Å². The zero-order valence-electron chi connectivity index (χ0n) is 16.7. The van der Waals surface area contributed by atoms with Crippen LogP contribution >= 0.6 is 0 Å². The Hall–Kier alpha value is -2.10. The Morgan fingerprint density at radius 3 is 2.30 bits per heavy atom. The van der Waals surface area contributed by atoms with Crippen LogP contribution in [0, 0.1) is 17.2 Å². The minimum absolute atomic E-state index is 0.244. The van der Waals surface area contributed by atoms with E-state index in [9.17, 15) is 15.2 Å². The number of benzene rings is 1. The Morgan fingerprint density at radius 2 is 1.74 bits per heavy atom. The minimum Gasteiger partial charge on any atom is -0.444 e. The highest BCUT2D eigenvalue weighted by Crippen LogP contribution is 2.44. The summed E-state index contributed by atoms with van der Waals surface area (Å²) in [5.74, 6) is -0.537. The number of aliphatic hydroxyl groups excluding tert-OH is 1. The molecule has 0 saturated carbocycles. The van der Waals surface area contributed by atoms with Crippen molar-refractivity contribution in [1.82, 2.24) is 9.80 Å². The van der Waals surface area contributed by atoms with E-state index in [1.54, 1.807) is 4.90 Å². The molecular formula is C21H29N3O3. The molecule has 1 aromatic rings. The van der Waals surface area contributed by atoms with Gasteiger partial charge in [-0.1, -0.05) is 30.3 Å². The highest BCUT2D eigenvalue weighted by Gasteiger charge is 2.57. The lowest BCUT2D eigenvalue weighted by Crippen LogP contribution is -2.62. The Bertz CT molecular complexity index is 735. The number of fused-ring (bicyclic) bond motifs is 2. The molecule has 27 heavy (non-hydrogen) atoms. The highest BCUT2D eigenvalue weighted by molar-refractivity contribution is 5.68. The molecule has 2 fully saturated rings. The van der Waals surface area contributed by atoms with Crippen LogP contribution in [-0.2, 0) is 10.3 Å². The summed E-state index contributed by atoms with van der Waals surface area (Å²) in [6.45, 7) is 10.4. The lowest BCUT2D eigenvalue weighted by Gasteiger charge is -2.49. The van der Waals surface area contributed by atoms with Gasteiger partial charge in [-0.15, -0.1) is 0 Å². The van der Waals surface area contributed by atoms with Crippen LogP contribution in [0.5, 0.6) is 0 Å². The summed E-state index contributed by atoms with van der Waals surface area (Å²) in [6.07, 6.45) is -1.18. The molecule has 2 aliphatic heterocycles. The predicted molar refractivity (Wildman–Crippen MR) is 102 cm³/mol. The zero-order chi connectivity index (χ0) is 20.0. The van der Waals surface area contributed by atoms with E-state index in [4.69, 9.17) is 4.74 Å². The molecule has 4 atom stereocenters. The van der Waals surface area contributed by atoms with E-state index in [1.807, 2.05) is 39.0 Å². The molecule has 1 amide bonds. The topological polar surface area (TPSA) is 76.8 Å². The third-order valence-corrected chi connectivity index (χ3v) is 5.63. The van der Waals surface area contributed by atoms with Crippen LogP contribution in [-0.4, -0.2) is 57.9 Å². The van der Waals surface area contributed by atoms with E-state index in [1.165, 1.54) is 0 Å². The SMILES string of the molecule is CC(C)(C)OC(=O)N1CC2C(O)C(C#N)C(C1)N2C(C)(C)c1ccccc1. The van der Waals surface area contributed by atoms with Crippen LogP contribution in [0.15, 0.2) is 30.3 Å². The molecule has 1 aromatic carbocycles. The Morgan fingerprint density at radius 1 is 1.15 bits per heavy atom. The number of carbonyl (C=O) groups excluding carboxylic acids is 1. The molecule has 3 rings (SSSR count). The van der Waals surface area contributed by atoms with Crippen molar-refractivity contribution in [3.05, 3.63) is 35.9 Å².